The fourth-order valence-electron chi connectivity index (χ4n) is 1.25. The van der Waals surface area contributed by atoms with E-state index in [9.17, 15) is 18.0 Å². The number of rotatable bonds is 4. The SMILES string of the molecule is COC(=O)Cc1c(CCl)cnc(C(F)F)c1F. The van der Waals surface area contributed by atoms with Crippen LogP contribution >= 0.6 is 11.6 Å². The zero-order valence-corrected chi connectivity index (χ0v) is 9.60. The molecule has 0 atom stereocenters. The highest BCUT2D eigenvalue weighted by molar-refractivity contribution is 6.17. The maximum absolute atomic E-state index is 13.7. The molecule has 0 spiro atoms. The summed E-state index contributed by atoms with van der Waals surface area (Å²) in [5, 5.41) is 0. The molecule has 0 amide bonds. The molecule has 3 nitrogen and oxygen atoms in total. The number of hydrogen-bond acceptors (Lipinski definition) is 3. The molecule has 0 unspecified atom stereocenters. The van der Waals surface area contributed by atoms with Crippen molar-refractivity contribution >= 4 is 17.6 Å². The molecule has 0 aromatic carbocycles. The Morgan fingerprint density at radius 3 is 2.71 bits per heavy atom. The Balaban J connectivity index is 3.22. The molecule has 0 aliphatic rings. The number of esters is 1. The number of halogens is 4. The largest absolute Gasteiger partial charge is 0.469 e. The first-order valence-electron chi connectivity index (χ1n) is 4.58. The van der Waals surface area contributed by atoms with E-state index in [0.717, 1.165) is 13.3 Å². The Morgan fingerprint density at radius 1 is 1.59 bits per heavy atom. The van der Waals surface area contributed by atoms with Crippen molar-refractivity contribution in [1.82, 2.24) is 4.98 Å². The van der Waals surface area contributed by atoms with Gasteiger partial charge in [-0.2, -0.15) is 0 Å². The quantitative estimate of drug-likeness (QED) is 0.622. The first kappa shape index (κ1) is 13.8. The van der Waals surface area contributed by atoms with Gasteiger partial charge in [0.05, 0.1) is 13.5 Å². The van der Waals surface area contributed by atoms with E-state index in [2.05, 4.69) is 9.72 Å². The van der Waals surface area contributed by atoms with Gasteiger partial charge in [0.1, 0.15) is 5.69 Å². The molecule has 0 radical (unpaired) electrons. The van der Waals surface area contributed by atoms with Crippen molar-refractivity contribution in [1.29, 1.82) is 0 Å². The molecule has 94 valence electrons. The van der Waals surface area contributed by atoms with Crippen LogP contribution in [0.5, 0.6) is 0 Å². The van der Waals surface area contributed by atoms with Gasteiger partial charge in [0.25, 0.3) is 6.43 Å². The lowest BCUT2D eigenvalue weighted by molar-refractivity contribution is -0.139. The lowest BCUT2D eigenvalue weighted by Crippen LogP contribution is -2.11. The van der Waals surface area contributed by atoms with Crippen LogP contribution in [-0.2, 0) is 21.8 Å². The minimum atomic E-state index is -3.05. The molecular formula is C10H9ClF3NO2. The lowest BCUT2D eigenvalue weighted by atomic mass is 10.1. The second-order valence-electron chi connectivity index (χ2n) is 3.15. The first-order valence-corrected chi connectivity index (χ1v) is 5.11. The molecule has 0 N–H and O–H groups in total. The normalized spacial score (nSPS) is 10.7. The molecule has 0 aliphatic heterocycles. The number of carbonyl (C=O) groups excluding carboxylic acids is 1. The molecule has 0 fully saturated rings. The van der Waals surface area contributed by atoms with Crippen molar-refractivity contribution < 1.29 is 22.7 Å². The molecule has 0 aliphatic carbocycles. The van der Waals surface area contributed by atoms with Crippen LogP contribution in [0.2, 0.25) is 0 Å². The van der Waals surface area contributed by atoms with Crippen LogP contribution < -0.4 is 0 Å². The first-order chi connectivity index (χ1) is 8.01. The number of alkyl halides is 3. The third-order valence-electron chi connectivity index (χ3n) is 2.14. The summed E-state index contributed by atoms with van der Waals surface area (Å²) in [6, 6.07) is 0. The average Bonchev–Trinajstić information content (AvgIpc) is 2.30. The highest BCUT2D eigenvalue weighted by Gasteiger charge is 2.22. The van der Waals surface area contributed by atoms with Gasteiger partial charge in [-0.15, -0.1) is 11.6 Å². The zero-order chi connectivity index (χ0) is 13.0. The van der Waals surface area contributed by atoms with Crippen LogP contribution in [0.4, 0.5) is 13.2 Å². The second kappa shape index (κ2) is 5.86. The highest BCUT2D eigenvalue weighted by Crippen LogP contribution is 2.25. The predicted molar refractivity (Wildman–Crippen MR) is 54.4 cm³/mol. The number of methoxy groups -OCH3 is 1. The molecule has 1 rings (SSSR count). The molecule has 7 heteroatoms. The van der Waals surface area contributed by atoms with Gasteiger partial charge < -0.3 is 4.74 Å². The number of aromatic nitrogens is 1. The Hall–Kier alpha value is -1.30. The van der Waals surface area contributed by atoms with Gasteiger partial charge in [0, 0.05) is 17.6 Å². The number of pyridine rings is 1. The van der Waals surface area contributed by atoms with E-state index < -0.39 is 30.3 Å². The Morgan fingerprint density at radius 2 is 2.24 bits per heavy atom. The van der Waals surface area contributed by atoms with Gasteiger partial charge in [-0.25, -0.2) is 13.2 Å². The molecule has 17 heavy (non-hydrogen) atoms. The standard InChI is InChI=1S/C10H9ClF3NO2/c1-17-7(16)2-6-5(3-11)4-15-9(8(6)12)10(13)14/h4,10H,2-3H2,1H3. The van der Waals surface area contributed by atoms with Crippen molar-refractivity contribution in [3.05, 3.63) is 28.8 Å². The van der Waals surface area contributed by atoms with Crippen molar-refractivity contribution in [3.8, 4) is 0 Å². The van der Waals surface area contributed by atoms with Gasteiger partial charge >= 0.3 is 5.97 Å². The van der Waals surface area contributed by atoms with E-state index in [1.54, 1.807) is 0 Å². The van der Waals surface area contributed by atoms with Crippen molar-refractivity contribution in [2.45, 2.75) is 18.7 Å². The zero-order valence-electron chi connectivity index (χ0n) is 8.84. The third-order valence-corrected chi connectivity index (χ3v) is 2.42. The number of hydrogen-bond donors (Lipinski definition) is 0. The van der Waals surface area contributed by atoms with Crippen molar-refractivity contribution in [3.63, 3.8) is 0 Å². The maximum Gasteiger partial charge on any atom is 0.310 e. The van der Waals surface area contributed by atoms with E-state index in [1.807, 2.05) is 0 Å². The van der Waals surface area contributed by atoms with Gasteiger partial charge in [0.15, 0.2) is 5.82 Å². The lowest BCUT2D eigenvalue weighted by Gasteiger charge is -2.10. The number of nitrogens with zero attached hydrogens (tertiary/aromatic N) is 1. The van der Waals surface area contributed by atoms with Crippen LogP contribution in [0.3, 0.4) is 0 Å². The molecule has 0 saturated heterocycles. The van der Waals surface area contributed by atoms with Crippen LogP contribution in [0.15, 0.2) is 6.20 Å². The summed E-state index contributed by atoms with van der Waals surface area (Å²) < 4.78 is 42.8. The Bertz CT molecular complexity index is 426. The van der Waals surface area contributed by atoms with E-state index in [0.29, 0.717) is 0 Å². The average molecular weight is 268 g/mol. The fourth-order valence-corrected chi connectivity index (χ4v) is 1.48. The van der Waals surface area contributed by atoms with Crippen molar-refractivity contribution in [2.24, 2.45) is 0 Å². The molecule has 1 aromatic heterocycles. The minimum absolute atomic E-state index is 0.125. The van der Waals surface area contributed by atoms with Crippen LogP contribution in [0.1, 0.15) is 23.2 Å². The predicted octanol–water partition coefficient (Wildman–Crippen LogP) is 2.61. The van der Waals surface area contributed by atoms with Crippen LogP contribution in [0.25, 0.3) is 0 Å². The minimum Gasteiger partial charge on any atom is -0.469 e. The van der Waals surface area contributed by atoms with E-state index in [-0.39, 0.29) is 17.0 Å². The fraction of sp³-hybridized carbons (Fsp3) is 0.400. The summed E-state index contributed by atoms with van der Waals surface area (Å²) in [7, 11) is 1.12. The molecule has 0 saturated carbocycles. The highest BCUT2D eigenvalue weighted by atomic mass is 35.5. The number of ether oxygens (including phenoxy) is 1. The summed E-state index contributed by atoms with van der Waals surface area (Å²) in [5.74, 6) is -2.06. The van der Waals surface area contributed by atoms with Crippen molar-refractivity contribution in [2.75, 3.05) is 7.11 Å². The molecule has 1 heterocycles. The summed E-state index contributed by atoms with van der Waals surface area (Å²) >= 11 is 5.52. The van der Waals surface area contributed by atoms with Gasteiger partial charge in [-0.3, -0.25) is 9.78 Å². The van der Waals surface area contributed by atoms with E-state index >= 15 is 0 Å². The van der Waals surface area contributed by atoms with E-state index in [1.165, 1.54) is 0 Å². The summed E-state index contributed by atoms with van der Waals surface area (Å²) in [4.78, 5) is 14.3. The Kier molecular flexibility index (Phi) is 4.74. The van der Waals surface area contributed by atoms with Gasteiger partial charge in [-0.05, 0) is 5.56 Å². The molecule has 0 bridgehead atoms. The number of carbonyl (C=O) groups is 1. The third kappa shape index (κ3) is 3.09. The van der Waals surface area contributed by atoms with Crippen LogP contribution in [-0.4, -0.2) is 18.1 Å². The topological polar surface area (TPSA) is 39.2 Å². The summed E-state index contributed by atoms with van der Waals surface area (Å²) in [5.41, 5.74) is -0.992. The smallest absolute Gasteiger partial charge is 0.310 e. The Labute approximate surface area is 101 Å². The monoisotopic (exact) mass is 267 g/mol. The summed E-state index contributed by atoms with van der Waals surface area (Å²) in [6.45, 7) is 0. The van der Waals surface area contributed by atoms with E-state index in [4.69, 9.17) is 11.6 Å². The molecule has 1 aromatic rings. The van der Waals surface area contributed by atoms with Gasteiger partial charge in [0.2, 0.25) is 0 Å². The second-order valence-corrected chi connectivity index (χ2v) is 3.42. The maximum atomic E-state index is 13.7. The van der Waals surface area contributed by atoms with Crippen LogP contribution in [0, 0.1) is 5.82 Å². The summed E-state index contributed by atoms with van der Waals surface area (Å²) in [6.07, 6.45) is -2.46. The van der Waals surface area contributed by atoms with Gasteiger partial charge in [-0.1, -0.05) is 0 Å². The molecular weight excluding hydrogens is 259 g/mol.